The molecule has 2 heteroatoms. The summed E-state index contributed by atoms with van der Waals surface area (Å²) in [5.74, 6) is 2.48. The molecule has 2 saturated carbocycles. The van der Waals surface area contributed by atoms with E-state index >= 15 is 0 Å². The second kappa shape index (κ2) is 8.14. The van der Waals surface area contributed by atoms with Crippen LogP contribution in [0.3, 0.4) is 0 Å². The van der Waals surface area contributed by atoms with Gasteiger partial charge in [0.2, 0.25) is 0 Å². The topological polar surface area (TPSA) is 0 Å². The Bertz CT molecular complexity index is 295. The summed E-state index contributed by atoms with van der Waals surface area (Å²) in [4.78, 5) is 0. The van der Waals surface area contributed by atoms with E-state index in [-0.39, 0.29) is 11.7 Å². The van der Waals surface area contributed by atoms with Gasteiger partial charge < -0.3 is 0 Å². The summed E-state index contributed by atoms with van der Waals surface area (Å²) in [7, 11) is 0. The van der Waals surface area contributed by atoms with Gasteiger partial charge >= 0.3 is 0 Å². The average Bonchev–Trinajstić information content (AvgIpc) is 2.49. The summed E-state index contributed by atoms with van der Waals surface area (Å²) in [5, 5.41) is 0. The van der Waals surface area contributed by atoms with Crippen molar-refractivity contribution in [2.24, 2.45) is 23.7 Å². The molecule has 2 aliphatic carbocycles. The molecule has 0 nitrogen and oxygen atoms in total. The molecule has 0 N–H and O–H groups in total. The summed E-state index contributed by atoms with van der Waals surface area (Å²) in [6.45, 7) is 1.63. The van der Waals surface area contributed by atoms with Crippen LogP contribution >= 0.6 is 0 Å². The molecule has 0 unspecified atom stereocenters. The Morgan fingerprint density at radius 2 is 1.50 bits per heavy atom. The van der Waals surface area contributed by atoms with Crippen LogP contribution in [0, 0.1) is 23.7 Å². The normalized spacial score (nSPS) is 36.0. The maximum atomic E-state index is 13.6. The van der Waals surface area contributed by atoms with Crippen molar-refractivity contribution >= 4 is 0 Å². The largest absolute Gasteiger partial charge is 0.246 e. The highest BCUT2D eigenvalue weighted by atomic mass is 19.1. The first kappa shape index (κ1) is 16.0. The predicted octanol–water partition coefficient (Wildman–Crippen LogP) is 6.22. The molecule has 0 radical (unpaired) electrons. The Labute approximate surface area is 123 Å². The van der Waals surface area contributed by atoms with Gasteiger partial charge in [0, 0.05) is 5.92 Å². The molecule has 2 fully saturated rings. The molecule has 0 aliphatic heterocycles. The molecule has 0 spiro atoms. The van der Waals surface area contributed by atoms with Crippen LogP contribution in [0.25, 0.3) is 0 Å². The van der Waals surface area contributed by atoms with E-state index in [1.807, 2.05) is 0 Å². The molecule has 116 valence electrons. The molecule has 0 atom stereocenters. The van der Waals surface area contributed by atoms with Gasteiger partial charge in [-0.15, -0.1) is 0 Å². The fourth-order valence-electron chi connectivity index (χ4n) is 4.46. The fourth-order valence-corrected chi connectivity index (χ4v) is 4.46. The molecule has 0 heterocycles. The van der Waals surface area contributed by atoms with Crippen molar-refractivity contribution in [1.29, 1.82) is 0 Å². The summed E-state index contributed by atoms with van der Waals surface area (Å²) >= 11 is 0. The molecule has 0 amide bonds. The van der Waals surface area contributed by atoms with Crippen molar-refractivity contribution in [2.75, 3.05) is 6.67 Å². The summed E-state index contributed by atoms with van der Waals surface area (Å²) in [6, 6.07) is 0. The number of hydrogen-bond donors (Lipinski definition) is 0. The van der Waals surface area contributed by atoms with Crippen LogP contribution in [0.4, 0.5) is 8.78 Å². The van der Waals surface area contributed by atoms with E-state index in [0.29, 0.717) is 0 Å². The zero-order chi connectivity index (χ0) is 14.4. The van der Waals surface area contributed by atoms with Crippen LogP contribution in [0.5, 0.6) is 0 Å². The van der Waals surface area contributed by atoms with Crippen molar-refractivity contribution in [3.05, 3.63) is 11.9 Å². The highest BCUT2D eigenvalue weighted by Crippen LogP contribution is 2.43. The van der Waals surface area contributed by atoms with Crippen molar-refractivity contribution in [1.82, 2.24) is 0 Å². The Kier molecular flexibility index (Phi) is 6.51. The lowest BCUT2D eigenvalue weighted by molar-refractivity contribution is 0.145. The van der Waals surface area contributed by atoms with Crippen molar-refractivity contribution < 1.29 is 8.78 Å². The van der Waals surface area contributed by atoms with Crippen LogP contribution in [0.15, 0.2) is 11.9 Å². The Morgan fingerprint density at radius 1 is 0.950 bits per heavy atom. The molecule has 2 aliphatic rings. The van der Waals surface area contributed by atoms with E-state index in [1.54, 1.807) is 0 Å². The quantitative estimate of drug-likeness (QED) is 0.562. The van der Waals surface area contributed by atoms with Gasteiger partial charge in [-0.3, -0.25) is 0 Å². The number of hydrogen-bond acceptors (Lipinski definition) is 0. The first-order valence-corrected chi connectivity index (χ1v) is 8.66. The van der Waals surface area contributed by atoms with E-state index in [0.717, 1.165) is 49.5 Å². The molecule has 0 aromatic heterocycles. The van der Waals surface area contributed by atoms with Gasteiger partial charge in [-0.1, -0.05) is 32.6 Å². The monoisotopic (exact) mass is 284 g/mol. The second-order valence-corrected chi connectivity index (χ2v) is 6.92. The lowest BCUT2D eigenvalue weighted by Crippen LogP contribution is -2.26. The number of rotatable bonds is 5. The Morgan fingerprint density at radius 3 is 2.00 bits per heavy atom. The summed E-state index contributed by atoms with van der Waals surface area (Å²) in [6.07, 6.45) is 13.6. The first-order valence-electron chi connectivity index (χ1n) is 8.66. The van der Waals surface area contributed by atoms with E-state index in [4.69, 9.17) is 0 Å². The van der Waals surface area contributed by atoms with Gasteiger partial charge in [0.1, 0.15) is 12.5 Å². The van der Waals surface area contributed by atoms with Gasteiger partial charge in [0.05, 0.1) is 0 Å². The third-order valence-corrected chi connectivity index (χ3v) is 5.69. The number of allylic oxidation sites excluding steroid dienone is 2. The first-order chi connectivity index (χ1) is 9.74. The fraction of sp³-hybridized carbons (Fsp3) is 0.889. The third-order valence-electron chi connectivity index (χ3n) is 5.69. The van der Waals surface area contributed by atoms with Crippen LogP contribution in [0.2, 0.25) is 0 Å². The average molecular weight is 284 g/mol. The lowest BCUT2D eigenvalue weighted by atomic mass is 9.68. The van der Waals surface area contributed by atoms with E-state index in [9.17, 15) is 8.78 Å². The zero-order valence-electron chi connectivity index (χ0n) is 12.9. The van der Waals surface area contributed by atoms with Crippen LogP contribution in [0.1, 0.15) is 71.1 Å². The lowest BCUT2D eigenvalue weighted by Gasteiger charge is -2.37. The molecule has 0 aromatic carbocycles. The highest BCUT2D eigenvalue weighted by Gasteiger charge is 2.31. The van der Waals surface area contributed by atoms with Crippen molar-refractivity contribution in [2.45, 2.75) is 71.1 Å². The third kappa shape index (κ3) is 4.30. The highest BCUT2D eigenvalue weighted by molar-refractivity contribution is 4.99. The molecule has 20 heavy (non-hydrogen) atoms. The Hall–Kier alpha value is -0.400. The molecule has 0 aromatic rings. The van der Waals surface area contributed by atoms with Crippen LogP contribution in [-0.2, 0) is 0 Å². The molecule has 0 saturated heterocycles. The smallest absolute Gasteiger partial charge is 0.110 e. The van der Waals surface area contributed by atoms with Crippen LogP contribution in [-0.4, -0.2) is 6.67 Å². The maximum Gasteiger partial charge on any atom is 0.110 e. The number of halogens is 2. The van der Waals surface area contributed by atoms with E-state index in [1.165, 1.54) is 38.5 Å². The zero-order valence-corrected chi connectivity index (χ0v) is 12.9. The standard InChI is InChI=1S/C18H30F2/c1-2-3-14-4-6-15(7-5-14)16-8-10-17(11-9-16)18(20)12-13-19/h12,14-17H,2-11,13H2,1H3/b18-12-. The minimum absolute atomic E-state index is 0.0124. The summed E-state index contributed by atoms with van der Waals surface area (Å²) < 4.78 is 25.8. The van der Waals surface area contributed by atoms with E-state index in [2.05, 4.69) is 6.92 Å². The summed E-state index contributed by atoms with van der Waals surface area (Å²) in [5.41, 5.74) is 0. The Balaban J connectivity index is 1.73. The molecular weight excluding hydrogens is 254 g/mol. The SMILES string of the molecule is CCCC1CCC(C2CCC(/C(F)=C/CF)CC2)CC1. The van der Waals surface area contributed by atoms with Gasteiger partial charge in [-0.2, -0.15) is 0 Å². The van der Waals surface area contributed by atoms with E-state index < -0.39 is 6.67 Å². The molecule has 2 rings (SSSR count). The van der Waals surface area contributed by atoms with Gasteiger partial charge in [-0.25, -0.2) is 8.78 Å². The van der Waals surface area contributed by atoms with Crippen molar-refractivity contribution in [3.8, 4) is 0 Å². The molecular formula is C18H30F2. The minimum atomic E-state index is -0.660. The van der Waals surface area contributed by atoms with Crippen molar-refractivity contribution in [3.63, 3.8) is 0 Å². The van der Waals surface area contributed by atoms with Gasteiger partial charge in [0.25, 0.3) is 0 Å². The maximum absolute atomic E-state index is 13.6. The second-order valence-electron chi connectivity index (χ2n) is 6.92. The number of alkyl halides is 1. The molecule has 0 bridgehead atoms. The van der Waals surface area contributed by atoms with Crippen LogP contribution < -0.4 is 0 Å². The van der Waals surface area contributed by atoms with Gasteiger partial charge in [0.15, 0.2) is 0 Å². The predicted molar refractivity (Wildman–Crippen MR) is 81.0 cm³/mol. The minimum Gasteiger partial charge on any atom is -0.246 e. The van der Waals surface area contributed by atoms with Gasteiger partial charge in [-0.05, 0) is 62.4 Å².